The Balaban J connectivity index is 1.03. The highest BCUT2D eigenvalue weighted by Gasteiger charge is 2.25. The summed E-state index contributed by atoms with van der Waals surface area (Å²) in [5, 5.41) is 0. The highest BCUT2D eigenvalue weighted by molar-refractivity contribution is 5.30. The average Bonchev–Trinajstić information content (AvgIpc) is 3.76. The Bertz CT molecular complexity index is 753. The van der Waals surface area contributed by atoms with Crippen molar-refractivity contribution in [3.8, 4) is 11.5 Å². The molecule has 0 saturated carbocycles. The Morgan fingerprint density at radius 3 is 1.53 bits per heavy atom. The molecule has 3 fully saturated rings. The summed E-state index contributed by atoms with van der Waals surface area (Å²) in [6, 6.07) is 15.7. The monoisotopic (exact) mass is 444 g/mol. The third kappa shape index (κ3) is 6.41. The van der Waals surface area contributed by atoms with Crippen LogP contribution in [-0.4, -0.2) is 65.4 Å². The Labute approximate surface area is 187 Å². The fraction of sp³-hybridized carbons (Fsp3) is 0.500. The van der Waals surface area contributed by atoms with Gasteiger partial charge in [0.15, 0.2) is 19.9 Å². The van der Waals surface area contributed by atoms with Gasteiger partial charge in [0, 0.05) is 11.5 Å². The van der Waals surface area contributed by atoms with Gasteiger partial charge in [0.1, 0.15) is 23.7 Å². The van der Waals surface area contributed by atoms with Gasteiger partial charge in [0.25, 0.3) is 0 Å². The Kier molecular flexibility index (Phi) is 7.17. The van der Waals surface area contributed by atoms with E-state index in [0.717, 1.165) is 35.8 Å². The Morgan fingerprint density at radius 1 is 0.594 bits per heavy atom. The van der Waals surface area contributed by atoms with E-state index in [0.29, 0.717) is 26.4 Å². The summed E-state index contributed by atoms with van der Waals surface area (Å²) in [4.78, 5) is 0. The molecule has 0 amide bonds. The van der Waals surface area contributed by atoms with Crippen LogP contribution in [0.25, 0.3) is 0 Å². The molecule has 3 saturated heterocycles. The first kappa shape index (κ1) is 21.6. The van der Waals surface area contributed by atoms with Crippen molar-refractivity contribution in [1.82, 2.24) is 0 Å². The second kappa shape index (κ2) is 10.6. The SMILES string of the molecule is c1cc(C2COC(c3ccc(OCOCC4CO4)cc3)OC2)ccc1OCOCC1CO1. The molecule has 0 N–H and O–H groups in total. The van der Waals surface area contributed by atoms with Gasteiger partial charge in [0.2, 0.25) is 0 Å². The van der Waals surface area contributed by atoms with Crippen LogP contribution in [0.1, 0.15) is 23.3 Å². The smallest absolute Gasteiger partial charge is 0.189 e. The number of benzene rings is 2. The minimum atomic E-state index is -0.376. The van der Waals surface area contributed by atoms with Crippen molar-refractivity contribution in [3.05, 3.63) is 59.7 Å². The molecule has 0 aromatic heterocycles. The van der Waals surface area contributed by atoms with Crippen LogP contribution in [0, 0.1) is 0 Å². The van der Waals surface area contributed by atoms with Crippen molar-refractivity contribution in [2.24, 2.45) is 0 Å². The van der Waals surface area contributed by atoms with Gasteiger partial charge in [-0.2, -0.15) is 0 Å². The van der Waals surface area contributed by atoms with Gasteiger partial charge in [-0.1, -0.05) is 24.3 Å². The molecule has 0 bridgehead atoms. The van der Waals surface area contributed by atoms with E-state index in [9.17, 15) is 0 Å². The summed E-state index contributed by atoms with van der Waals surface area (Å²) in [5.41, 5.74) is 2.12. The molecule has 0 aliphatic carbocycles. The third-order valence-electron chi connectivity index (χ3n) is 5.43. The summed E-state index contributed by atoms with van der Waals surface area (Å²) in [7, 11) is 0. The van der Waals surface area contributed by atoms with E-state index >= 15 is 0 Å². The van der Waals surface area contributed by atoms with Crippen LogP contribution in [0.4, 0.5) is 0 Å². The van der Waals surface area contributed by atoms with Crippen molar-refractivity contribution in [1.29, 1.82) is 0 Å². The van der Waals surface area contributed by atoms with E-state index in [4.69, 9.17) is 37.9 Å². The summed E-state index contributed by atoms with van der Waals surface area (Å²) in [6.45, 7) is 4.33. The summed E-state index contributed by atoms with van der Waals surface area (Å²) in [5.74, 6) is 1.70. The number of hydrogen-bond acceptors (Lipinski definition) is 8. The van der Waals surface area contributed by atoms with Crippen molar-refractivity contribution < 1.29 is 37.9 Å². The molecule has 2 atom stereocenters. The van der Waals surface area contributed by atoms with Gasteiger partial charge >= 0.3 is 0 Å². The molecule has 32 heavy (non-hydrogen) atoms. The lowest BCUT2D eigenvalue weighted by Gasteiger charge is -2.30. The average molecular weight is 444 g/mol. The van der Waals surface area contributed by atoms with Crippen LogP contribution < -0.4 is 9.47 Å². The fourth-order valence-corrected chi connectivity index (χ4v) is 3.35. The molecule has 5 rings (SSSR count). The first-order valence-electron chi connectivity index (χ1n) is 10.9. The zero-order chi connectivity index (χ0) is 21.6. The topological polar surface area (TPSA) is 80.4 Å². The fourth-order valence-electron chi connectivity index (χ4n) is 3.35. The Morgan fingerprint density at radius 2 is 1.06 bits per heavy atom. The van der Waals surface area contributed by atoms with Gasteiger partial charge in [-0.25, -0.2) is 0 Å². The first-order chi connectivity index (χ1) is 15.8. The van der Waals surface area contributed by atoms with E-state index < -0.39 is 0 Å². The number of hydrogen-bond donors (Lipinski definition) is 0. The zero-order valence-electron chi connectivity index (χ0n) is 17.9. The predicted octanol–water partition coefficient (Wildman–Crippen LogP) is 3.02. The first-order valence-corrected chi connectivity index (χ1v) is 10.9. The van der Waals surface area contributed by atoms with Crippen LogP contribution in [-0.2, 0) is 28.4 Å². The number of epoxide rings is 2. The lowest BCUT2D eigenvalue weighted by Crippen LogP contribution is -2.25. The summed E-state index contributed by atoms with van der Waals surface area (Å²) in [6.07, 6.45) is 0.108. The second-order valence-corrected chi connectivity index (χ2v) is 8.01. The van der Waals surface area contributed by atoms with E-state index in [1.54, 1.807) is 0 Å². The third-order valence-corrected chi connectivity index (χ3v) is 5.43. The molecule has 3 heterocycles. The molecule has 2 aromatic carbocycles. The van der Waals surface area contributed by atoms with Crippen LogP contribution in [0.3, 0.4) is 0 Å². The van der Waals surface area contributed by atoms with Crippen molar-refractivity contribution in [3.63, 3.8) is 0 Å². The highest BCUT2D eigenvalue weighted by Crippen LogP contribution is 2.31. The summed E-state index contributed by atoms with van der Waals surface area (Å²) >= 11 is 0. The molecular formula is C24H28O8. The van der Waals surface area contributed by atoms with Crippen LogP contribution >= 0.6 is 0 Å². The molecule has 0 radical (unpaired) electrons. The van der Waals surface area contributed by atoms with Gasteiger partial charge in [-0.3, -0.25) is 0 Å². The minimum absolute atomic E-state index is 0.179. The number of ether oxygens (including phenoxy) is 8. The van der Waals surface area contributed by atoms with Crippen LogP contribution in [0.5, 0.6) is 11.5 Å². The normalized spacial score (nSPS) is 26.5. The zero-order valence-corrected chi connectivity index (χ0v) is 17.9. The van der Waals surface area contributed by atoms with E-state index in [1.807, 2.05) is 48.5 Å². The summed E-state index contributed by atoms with van der Waals surface area (Å²) < 4.78 is 44.1. The van der Waals surface area contributed by atoms with Gasteiger partial charge < -0.3 is 37.9 Å². The van der Waals surface area contributed by atoms with E-state index in [2.05, 4.69) is 0 Å². The molecule has 2 unspecified atom stereocenters. The van der Waals surface area contributed by atoms with Crippen molar-refractivity contribution in [2.75, 3.05) is 53.2 Å². The van der Waals surface area contributed by atoms with E-state index in [-0.39, 0.29) is 38.0 Å². The molecule has 2 aromatic rings. The molecule has 8 nitrogen and oxygen atoms in total. The van der Waals surface area contributed by atoms with Crippen LogP contribution in [0.2, 0.25) is 0 Å². The quantitative estimate of drug-likeness (QED) is 0.281. The van der Waals surface area contributed by atoms with E-state index in [1.165, 1.54) is 0 Å². The van der Waals surface area contributed by atoms with Gasteiger partial charge in [0.05, 0.1) is 39.6 Å². The molecule has 3 aliphatic heterocycles. The highest BCUT2D eigenvalue weighted by atomic mass is 16.7. The molecule has 0 spiro atoms. The van der Waals surface area contributed by atoms with Crippen LogP contribution in [0.15, 0.2) is 48.5 Å². The lowest BCUT2D eigenvalue weighted by molar-refractivity contribution is -0.191. The van der Waals surface area contributed by atoms with Crippen molar-refractivity contribution in [2.45, 2.75) is 24.4 Å². The molecule has 3 aliphatic rings. The predicted molar refractivity (Wildman–Crippen MR) is 113 cm³/mol. The molecular weight excluding hydrogens is 416 g/mol. The molecule has 172 valence electrons. The van der Waals surface area contributed by atoms with Gasteiger partial charge in [-0.15, -0.1) is 0 Å². The standard InChI is InChI=1S/C24H28O8/c1-5-20(31-15-25-11-22-13-27-22)6-2-17(1)19-9-29-24(30-10-19)18-3-7-21(8-4-18)32-16-26-12-23-14-28-23/h1-8,19,22-24H,9-16H2. The largest absolute Gasteiger partial charge is 0.468 e. The minimum Gasteiger partial charge on any atom is -0.468 e. The van der Waals surface area contributed by atoms with Crippen molar-refractivity contribution >= 4 is 0 Å². The Hall–Kier alpha value is -2.20. The lowest BCUT2D eigenvalue weighted by atomic mass is 10.00. The van der Waals surface area contributed by atoms with Gasteiger partial charge in [-0.05, 0) is 29.8 Å². The maximum absolute atomic E-state index is 5.98. The molecule has 8 heteroatoms. The second-order valence-electron chi connectivity index (χ2n) is 8.01. The number of rotatable bonds is 12. The maximum atomic E-state index is 5.98. The maximum Gasteiger partial charge on any atom is 0.189 e.